The van der Waals surface area contributed by atoms with Gasteiger partial charge >= 0.3 is 12.1 Å². The number of piperazine rings is 1. The van der Waals surface area contributed by atoms with Gasteiger partial charge in [-0.2, -0.15) is 0 Å². The van der Waals surface area contributed by atoms with Crippen molar-refractivity contribution in [1.29, 1.82) is 0 Å². The third-order valence-corrected chi connectivity index (χ3v) is 3.99. The molecule has 1 aromatic carbocycles. The van der Waals surface area contributed by atoms with Crippen LogP contribution >= 0.6 is 0 Å². The Kier molecular flexibility index (Phi) is 6.79. The monoisotopic (exact) mass is 377 g/mol. The van der Waals surface area contributed by atoms with Gasteiger partial charge in [-0.25, -0.2) is 9.59 Å². The van der Waals surface area contributed by atoms with Crippen LogP contribution in [-0.2, 0) is 25.7 Å². The maximum atomic E-state index is 12.4. The fraction of sp³-hybridized carbons (Fsp3) is 0.526. The average Bonchev–Trinajstić information content (AvgIpc) is 2.64. The molecule has 8 heteroatoms. The zero-order valence-corrected chi connectivity index (χ0v) is 16.0. The summed E-state index contributed by atoms with van der Waals surface area (Å²) in [5, 5.41) is 0. The van der Waals surface area contributed by atoms with Crippen LogP contribution in [0.15, 0.2) is 30.3 Å². The molecule has 0 bridgehead atoms. The molecule has 1 aromatic rings. The van der Waals surface area contributed by atoms with E-state index in [2.05, 4.69) is 0 Å². The van der Waals surface area contributed by atoms with Gasteiger partial charge < -0.3 is 25.0 Å². The molecule has 1 unspecified atom stereocenters. The lowest BCUT2D eigenvalue weighted by Crippen LogP contribution is -2.56. The molecule has 1 aliphatic rings. The Balaban J connectivity index is 1.80. The highest BCUT2D eigenvalue weighted by Crippen LogP contribution is 2.12. The molecule has 0 spiro atoms. The van der Waals surface area contributed by atoms with Crippen molar-refractivity contribution < 1.29 is 23.9 Å². The summed E-state index contributed by atoms with van der Waals surface area (Å²) in [6.07, 6.45) is -0.416. The molecule has 2 rings (SSSR count). The van der Waals surface area contributed by atoms with Crippen LogP contribution in [0.2, 0.25) is 0 Å². The lowest BCUT2D eigenvalue weighted by atomic mass is 10.2. The Hall–Kier alpha value is -2.61. The molecule has 1 atom stereocenters. The first kappa shape index (κ1) is 20.7. The summed E-state index contributed by atoms with van der Waals surface area (Å²) in [5.74, 6) is -1.27. The van der Waals surface area contributed by atoms with Gasteiger partial charge in [0.15, 0.2) is 6.04 Å². The second-order valence-corrected chi connectivity index (χ2v) is 7.36. The molecular formula is C19H27N3O5. The van der Waals surface area contributed by atoms with Crippen molar-refractivity contribution in [2.75, 3.05) is 26.2 Å². The number of rotatable bonds is 4. The maximum absolute atomic E-state index is 12.4. The van der Waals surface area contributed by atoms with Crippen LogP contribution in [0, 0.1) is 0 Å². The average molecular weight is 377 g/mol. The predicted octanol–water partition coefficient (Wildman–Crippen LogP) is 1.14. The largest absolute Gasteiger partial charge is 0.459 e. The third kappa shape index (κ3) is 6.25. The molecule has 0 saturated carbocycles. The first-order chi connectivity index (χ1) is 12.7. The van der Waals surface area contributed by atoms with Crippen molar-refractivity contribution in [2.24, 2.45) is 5.73 Å². The van der Waals surface area contributed by atoms with Crippen molar-refractivity contribution in [2.45, 2.75) is 39.0 Å². The molecule has 1 saturated heterocycles. The van der Waals surface area contributed by atoms with E-state index < -0.39 is 29.6 Å². The number of ether oxygens (including phenoxy) is 2. The topological polar surface area (TPSA) is 102 Å². The highest BCUT2D eigenvalue weighted by molar-refractivity contribution is 6.01. The van der Waals surface area contributed by atoms with Gasteiger partial charge in [-0.3, -0.25) is 4.79 Å². The fourth-order valence-electron chi connectivity index (χ4n) is 2.55. The molecule has 2 N–H and O–H groups in total. The van der Waals surface area contributed by atoms with Gasteiger partial charge in [0, 0.05) is 26.2 Å². The summed E-state index contributed by atoms with van der Waals surface area (Å²) < 4.78 is 10.4. The summed E-state index contributed by atoms with van der Waals surface area (Å²) in [5.41, 5.74) is 6.00. The van der Waals surface area contributed by atoms with Gasteiger partial charge in [0.25, 0.3) is 5.91 Å². The maximum Gasteiger partial charge on any atom is 0.410 e. The minimum atomic E-state index is -1.37. The molecule has 27 heavy (non-hydrogen) atoms. The van der Waals surface area contributed by atoms with Crippen LogP contribution in [0.25, 0.3) is 0 Å². The van der Waals surface area contributed by atoms with E-state index in [4.69, 9.17) is 15.2 Å². The summed E-state index contributed by atoms with van der Waals surface area (Å²) in [6.45, 7) is 6.68. The molecule has 0 aliphatic carbocycles. The molecular weight excluding hydrogens is 350 g/mol. The normalized spacial score (nSPS) is 15.9. The van der Waals surface area contributed by atoms with E-state index >= 15 is 0 Å². The number of nitrogens with zero attached hydrogens (tertiary/aromatic N) is 2. The Bertz CT molecular complexity index is 664. The Morgan fingerprint density at radius 3 is 2.15 bits per heavy atom. The van der Waals surface area contributed by atoms with E-state index in [1.54, 1.807) is 20.8 Å². The second kappa shape index (κ2) is 8.85. The van der Waals surface area contributed by atoms with Crippen LogP contribution in [0.3, 0.4) is 0 Å². The standard InChI is InChI=1S/C19H27N3O5/c1-19(2,3)27-18(25)22-11-9-21(10-12-22)16(23)15(20)17(24)26-13-14-7-5-4-6-8-14/h4-8,15H,9-13,20H2,1-3H3. The number of hydrogen-bond donors (Lipinski definition) is 1. The number of hydrogen-bond acceptors (Lipinski definition) is 6. The lowest BCUT2D eigenvalue weighted by Gasteiger charge is -2.36. The Morgan fingerprint density at radius 1 is 1.04 bits per heavy atom. The molecule has 1 fully saturated rings. The zero-order valence-electron chi connectivity index (χ0n) is 16.0. The number of carbonyl (C=O) groups is 3. The van der Waals surface area contributed by atoms with Crippen molar-refractivity contribution in [3.63, 3.8) is 0 Å². The van der Waals surface area contributed by atoms with Gasteiger partial charge in [0.2, 0.25) is 0 Å². The van der Waals surface area contributed by atoms with Crippen LogP contribution in [0.4, 0.5) is 4.79 Å². The van der Waals surface area contributed by atoms with E-state index in [0.29, 0.717) is 13.1 Å². The van der Waals surface area contributed by atoms with E-state index in [9.17, 15) is 14.4 Å². The van der Waals surface area contributed by atoms with Gasteiger partial charge in [-0.05, 0) is 26.3 Å². The van der Waals surface area contributed by atoms with Crippen molar-refractivity contribution >= 4 is 18.0 Å². The minimum absolute atomic E-state index is 0.0626. The Labute approximate surface area is 159 Å². The van der Waals surface area contributed by atoms with Crippen LogP contribution in [-0.4, -0.2) is 65.6 Å². The SMILES string of the molecule is CC(C)(C)OC(=O)N1CCN(C(=O)C(N)C(=O)OCc2ccccc2)CC1. The summed E-state index contributed by atoms with van der Waals surface area (Å²) in [4.78, 5) is 39.5. The first-order valence-electron chi connectivity index (χ1n) is 8.90. The van der Waals surface area contributed by atoms with Crippen molar-refractivity contribution in [1.82, 2.24) is 9.80 Å². The van der Waals surface area contributed by atoms with E-state index in [1.807, 2.05) is 30.3 Å². The fourth-order valence-corrected chi connectivity index (χ4v) is 2.55. The predicted molar refractivity (Wildman–Crippen MR) is 98.6 cm³/mol. The van der Waals surface area contributed by atoms with Gasteiger partial charge in [-0.15, -0.1) is 0 Å². The van der Waals surface area contributed by atoms with Crippen molar-refractivity contribution in [3.05, 3.63) is 35.9 Å². The first-order valence-corrected chi connectivity index (χ1v) is 8.90. The quantitative estimate of drug-likeness (QED) is 0.623. The number of amides is 2. The van der Waals surface area contributed by atoms with Gasteiger partial charge in [-0.1, -0.05) is 30.3 Å². The van der Waals surface area contributed by atoms with Gasteiger partial charge in [0.05, 0.1) is 0 Å². The van der Waals surface area contributed by atoms with Crippen LogP contribution in [0.5, 0.6) is 0 Å². The van der Waals surface area contributed by atoms with Crippen molar-refractivity contribution in [3.8, 4) is 0 Å². The Morgan fingerprint density at radius 2 is 1.59 bits per heavy atom. The highest BCUT2D eigenvalue weighted by atomic mass is 16.6. The molecule has 148 valence electrons. The molecule has 1 heterocycles. The molecule has 0 radical (unpaired) electrons. The third-order valence-electron chi connectivity index (χ3n) is 3.99. The molecule has 0 aromatic heterocycles. The van der Waals surface area contributed by atoms with E-state index in [-0.39, 0.29) is 19.7 Å². The lowest BCUT2D eigenvalue weighted by molar-refractivity contribution is -0.153. The molecule has 1 aliphatic heterocycles. The highest BCUT2D eigenvalue weighted by Gasteiger charge is 2.32. The minimum Gasteiger partial charge on any atom is -0.459 e. The summed E-state index contributed by atoms with van der Waals surface area (Å²) in [6, 6.07) is 7.78. The number of nitrogens with two attached hydrogens (primary N) is 1. The smallest absolute Gasteiger partial charge is 0.410 e. The molecule has 2 amide bonds. The number of carbonyl (C=O) groups excluding carboxylic acids is 3. The summed E-state index contributed by atoms with van der Waals surface area (Å²) in [7, 11) is 0. The van der Waals surface area contributed by atoms with Crippen LogP contribution < -0.4 is 5.73 Å². The number of benzene rings is 1. The van der Waals surface area contributed by atoms with E-state index in [0.717, 1.165) is 5.56 Å². The summed E-state index contributed by atoms with van der Waals surface area (Å²) >= 11 is 0. The second-order valence-electron chi connectivity index (χ2n) is 7.36. The van der Waals surface area contributed by atoms with Crippen LogP contribution in [0.1, 0.15) is 26.3 Å². The van der Waals surface area contributed by atoms with Gasteiger partial charge in [0.1, 0.15) is 12.2 Å². The number of esters is 1. The molecule has 8 nitrogen and oxygen atoms in total. The zero-order chi connectivity index (χ0) is 20.0. The van der Waals surface area contributed by atoms with E-state index in [1.165, 1.54) is 9.80 Å².